The van der Waals surface area contributed by atoms with Crippen LogP contribution in [0.2, 0.25) is 0 Å². The van der Waals surface area contributed by atoms with Crippen LogP contribution in [0.25, 0.3) is 10.9 Å². The van der Waals surface area contributed by atoms with E-state index >= 15 is 0 Å². The van der Waals surface area contributed by atoms with Crippen LogP contribution in [-0.4, -0.2) is 30.5 Å². The molecule has 0 aliphatic heterocycles. The second kappa shape index (κ2) is 5.79. The number of aryl methyl sites for hydroxylation is 1. The van der Waals surface area contributed by atoms with Gasteiger partial charge in [0.1, 0.15) is 6.04 Å². The van der Waals surface area contributed by atoms with Crippen molar-refractivity contribution in [2.24, 2.45) is 0 Å². The van der Waals surface area contributed by atoms with E-state index in [-0.39, 0.29) is 11.3 Å². The Hall–Kier alpha value is -1.99. The van der Waals surface area contributed by atoms with Crippen LogP contribution in [0.15, 0.2) is 35.4 Å². The molecule has 2 aromatic rings. The normalized spacial score (nSPS) is 13.2. The van der Waals surface area contributed by atoms with Crippen molar-refractivity contribution in [3.05, 3.63) is 36.0 Å². The van der Waals surface area contributed by atoms with Crippen molar-refractivity contribution >= 4 is 26.9 Å². The first-order valence-electron chi connectivity index (χ1n) is 6.46. The van der Waals surface area contributed by atoms with Crippen molar-refractivity contribution in [2.45, 2.75) is 31.2 Å². The maximum absolute atomic E-state index is 12.4. The van der Waals surface area contributed by atoms with Gasteiger partial charge in [-0.05, 0) is 37.1 Å². The van der Waals surface area contributed by atoms with Gasteiger partial charge in [-0.1, -0.05) is 13.0 Å². The van der Waals surface area contributed by atoms with Crippen molar-refractivity contribution in [3.63, 3.8) is 0 Å². The minimum absolute atomic E-state index is 0.0379. The number of rotatable bonds is 5. The van der Waals surface area contributed by atoms with Gasteiger partial charge in [0.05, 0.1) is 10.4 Å². The minimum Gasteiger partial charge on any atom is -0.480 e. The molecule has 0 spiro atoms. The standard InChI is InChI=1S/C14H16N2O4S/c1-3-11(14(17)18)16-21(19,20)12-7-6-9(2)13-10(12)5-4-8-15-13/h4-8,11,16H,3H2,1-2H3,(H,17,18). The van der Waals surface area contributed by atoms with Gasteiger partial charge in [0.25, 0.3) is 0 Å². The number of nitrogens with zero attached hydrogens (tertiary/aromatic N) is 1. The van der Waals surface area contributed by atoms with E-state index in [1.54, 1.807) is 31.3 Å². The van der Waals surface area contributed by atoms with Crippen LogP contribution >= 0.6 is 0 Å². The van der Waals surface area contributed by atoms with Crippen molar-refractivity contribution in [1.29, 1.82) is 0 Å². The molecule has 2 rings (SSSR count). The number of carbonyl (C=O) groups is 1. The number of aromatic nitrogens is 1. The molecule has 112 valence electrons. The van der Waals surface area contributed by atoms with E-state index in [0.717, 1.165) is 5.56 Å². The van der Waals surface area contributed by atoms with Gasteiger partial charge in [-0.25, -0.2) is 8.42 Å². The Kier molecular flexibility index (Phi) is 4.24. The molecule has 0 aliphatic rings. The summed E-state index contributed by atoms with van der Waals surface area (Å²) < 4.78 is 27.1. The molecule has 1 unspecified atom stereocenters. The van der Waals surface area contributed by atoms with Gasteiger partial charge in [0.15, 0.2) is 0 Å². The summed E-state index contributed by atoms with van der Waals surface area (Å²) in [5.41, 5.74) is 1.44. The number of sulfonamides is 1. The molecule has 0 aliphatic carbocycles. The highest BCUT2D eigenvalue weighted by atomic mass is 32.2. The molecule has 0 radical (unpaired) electrons. The predicted octanol–water partition coefficient (Wildman–Crippen LogP) is 1.68. The summed E-state index contributed by atoms with van der Waals surface area (Å²) in [5.74, 6) is -1.20. The summed E-state index contributed by atoms with van der Waals surface area (Å²) in [6, 6.07) is 5.28. The highest BCUT2D eigenvalue weighted by Gasteiger charge is 2.25. The van der Waals surface area contributed by atoms with Crippen molar-refractivity contribution in [3.8, 4) is 0 Å². The number of hydrogen-bond donors (Lipinski definition) is 2. The summed E-state index contributed by atoms with van der Waals surface area (Å²) in [4.78, 5) is 15.2. The van der Waals surface area contributed by atoms with E-state index in [9.17, 15) is 13.2 Å². The van der Waals surface area contributed by atoms with E-state index in [4.69, 9.17) is 5.11 Å². The van der Waals surface area contributed by atoms with Gasteiger partial charge in [-0.15, -0.1) is 0 Å². The zero-order valence-electron chi connectivity index (χ0n) is 11.7. The average Bonchev–Trinajstić information content (AvgIpc) is 2.45. The Morgan fingerprint density at radius 2 is 2.10 bits per heavy atom. The van der Waals surface area contributed by atoms with Gasteiger partial charge in [0.2, 0.25) is 10.0 Å². The second-order valence-electron chi connectivity index (χ2n) is 4.70. The van der Waals surface area contributed by atoms with Crippen molar-refractivity contribution in [1.82, 2.24) is 9.71 Å². The first-order chi connectivity index (χ1) is 9.86. The fourth-order valence-electron chi connectivity index (χ4n) is 2.08. The van der Waals surface area contributed by atoms with Gasteiger partial charge in [-0.2, -0.15) is 4.72 Å². The Morgan fingerprint density at radius 1 is 1.38 bits per heavy atom. The highest BCUT2D eigenvalue weighted by Crippen LogP contribution is 2.24. The molecule has 2 N–H and O–H groups in total. The van der Waals surface area contributed by atoms with Gasteiger partial charge in [-0.3, -0.25) is 9.78 Å². The molecule has 1 aromatic heterocycles. The van der Waals surface area contributed by atoms with Gasteiger partial charge < -0.3 is 5.11 Å². The monoisotopic (exact) mass is 308 g/mol. The zero-order chi connectivity index (χ0) is 15.6. The number of aliphatic carboxylic acids is 1. The van der Waals surface area contributed by atoms with E-state index in [0.29, 0.717) is 10.9 Å². The molecule has 0 saturated carbocycles. The summed E-state index contributed by atoms with van der Waals surface area (Å²) in [6.07, 6.45) is 1.75. The summed E-state index contributed by atoms with van der Waals surface area (Å²) in [5, 5.41) is 9.48. The highest BCUT2D eigenvalue weighted by molar-refractivity contribution is 7.89. The molecule has 1 aromatic carbocycles. The fourth-order valence-corrected chi connectivity index (χ4v) is 3.55. The van der Waals surface area contributed by atoms with Crippen molar-refractivity contribution in [2.75, 3.05) is 0 Å². The summed E-state index contributed by atoms with van der Waals surface area (Å²) in [6.45, 7) is 3.45. The van der Waals surface area contributed by atoms with E-state index in [1.165, 1.54) is 6.07 Å². The quantitative estimate of drug-likeness (QED) is 0.876. The molecule has 0 saturated heterocycles. The molecular formula is C14H16N2O4S. The Balaban J connectivity index is 2.56. The van der Waals surface area contributed by atoms with Crippen molar-refractivity contribution < 1.29 is 18.3 Å². The third-order valence-corrected chi connectivity index (χ3v) is 4.75. The maximum Gasteiger partial charge on any atom is 0.321 e. The van der Waals surface area contributed by atoms with E-state index < -0.39 is 22.0 Å². The number of hydrogen-bond acceptors (Lipinski definition) is 4. The van der Waals surface area contributed by atoms with Crippen LogP contribution in [0.1, 0.15) is 18.9 Å². The van der Waals surface area contributed by atoms with Crippen LogP contribution in [0, 0.1) is 6.92 Å². The third-order valence-electron chi connectivity index (χ3n) is 3.22. The largest absolute Gasteiger partial charge is 0.480 e. The van der Waals surface area contributed by atoms with Crippen LogP contribution in [0.5, 0.6) is 0 Å². The van der Waals surface area contributed by atoms with Crippen LogP contribution in [0.3, 0.4) is 0 Å². The SMILES string of the molecule is CCC(NS(=O)(=O)c1ccc(C)c2ncccc12)C(=O)O. The average molecular weight is 308 g/mol. The lowest BCUT2D eigenvalue weighted by molar-refractivity contribution is -0.139. The fraction of sp³-hybridized carbons (Fsp3) is 0.286. The number of carboxylic acid groups (broad SMARTS) is 1. The smallest absolute Gasteiger partial charge is 0.321 e. The second-order valence-corrected chi connectivity index (χ2v) is 6.38. The lowest BCUT2D eigenvalue weighted by Gasteiger charge is -2.14. The molecule has 7 heteroatoms. The van der Waals surface area contributed by atoms with Crippen LogP contribution in [-0.2, 0) is 14.8 Å². The first-order valence-corrected chi connectivity index (χ1v) is 7.94. The third kappa shape index (κ3) is 3.03. The number of carboxylic acids is 1. The Morgan fingerprint density at radius 3 is 2.71 bits per heavy atom. The lowest BCUT2D eigenvalue weighted by Crippen LogP contribution is -2.40. The molecule has 6 nitrogen and oxygen atoms in total. The summed E-state index contributed by atoms with van der Waals surface area (Å²) >= 11 is 0. The van der Waals surface area contributed by atoms with E-state index in [1.807, 2.05) is 6.92 Å². The molecule has 0 bridgehead atoms. The summed E-state index contributed by atoms with van der Waals surface area (Å²) in [7, 11) is -3.93. The first kappa shape index (κ1) is 15.4. The topological polar surface area (TPSA) is 96.4 Å². The van der Waals surface area contributed by atoms with Crippen LogP contribution in [0.4, 0.5) is 0 Å². The predicted molar refractivity (Wildman–Crippen MR) is 78.5 cm³/mol. The number of benzene rings is 1. The molecule has 21 heavy (non-hydrogen) atoms. The lowest BCUT2D eigenvalue weighted by atomic mass is 10.1. The molecule has 0 amide bonds. The molecular weight excluding hydrogens is 292 g/mol. The minimum atomic E-state index is -3.93. The Bertz CT molecular complexity index is 787. The zero-order valence-corrected chi connectivity index (χ0v) is 12.5. The number of pyridine rings is 1. The van der Waals surface area contributed by atoms with Gasteiger partial charge >= 0.3 is 5.97 Å². The number of fused-ring (bicyclic) bond motifs is 1. The molecule has 1 heterocycles. The van der Waals surface area contributed by atoms with Gasteiger partial charge in [0, 0.05) is 11.6 Å². The maximum atomic E-state index is 12.4. The van der Waals surface area contributed by atoms with E-state index in [2.05, 4.69) is 9.71 Å². The number of nitrogens with one attached hydrogen (secondary N) is 1. The van der Waals surface area contributed by atoms with Crippen LogP contribution < -0.4 is 4.72 Å². The molecule has 1 atom stereocenters. The molecule has 0 fully saturated rings. The Labute approximate surface area is 122 Å².